The van der Waals surface area contributed by atoms with Crippen molar-refractivity contribution in [3.63, 3.8) is 0 Å². The van der Waals surface area contributed by atoms with Crippen LogP contribution >= 0.6 is 11.6 Å². The minimum atomic E-state index is -1.17. The first-order chi connectivity index (χ1) is 16.0. The number of hydrogen-bond acceptors (Lipinski definition) is 6. The van der Waals surface area contributed by atoms with Crippen molar-refractivity contribution in [2.24, 2.45) is 16.5 Å². The zero-order chi connectivity index (χ0) is 25.3. The molecule has 1 saturated heterocycles. The lowest BCUT2D eigenvalue weighted by Gasteiger charge is -2.35. The molecule has 34 heavy (non-hydrogen) atoms. The minimum absolute atomic E-state index is 0.235. The molecule has 0 spiro atoms. The van der Waals surface area contributed by atoms with Crippen LogP contribution in [-0.4, -0.2) is 40.5 Å². The second kappa shape index (κ2) is 12.5. The molecule has 6 N–H and O–H groups in total. The summed E-state index contributed by atoms with van der Waals surface area (Å²) >= 11 is 5.96. The molecule has 0 unspecified atom stereocenters. The van der Waals surface area contributed by atoms with Crippen LogP contribution in [0.4, 0.5) is 0 Å². The zero-order valence-corrected chi connectivity index (χ0v) is 21.3. The molecule has 184 valence electrons. The highest BCUT2D eigenvalue weighted by molar-refractivity contribution is 6.30. The molecule has 0 saturated carbocycles. The van der Waals surface area contributed by atoms with E-state index >= 15 is 0 Å². The smallest absolute Gasteiger partial charge is 0.119 e. The van der Waals surface area contributed by atoms with E-state index in [1.807, 2.05) is 43.3 Å². The topological polar surface area (TPSA) is 99.9 Å². The van der Waals surface area contributed by atoms with Crippen molar-refractivity contribution in [1.29, 1.82) is 0 Å². The lowest BCUT2D eigenvalue weighted by molar-refractivity contribution is 0.154. The fraction of sp³-hybridized carbons (Fsp3) is 0.370. The Morgan fingerprint density at radius 2 is 1.85 bits per heavy atom. The van der Waals surface area contributed by atoms with Gasteiger partial charge in [0.1, 0.15) is 11.4 Å². The predicted molar refractivity (Wildman–Crippen MR) is 144 cm³/mol. The van der Waals surface area contributed by atoms with E-state index in [-0.39, 0.29) is 6.04 Å². The van der Waals surface area contributed by atoms with Gasteiger partial charge in [-0.1, -0.05) is 43.0 Å². The van der Waals surface area contributed by atoms with Crippen LogP contribution in [0.15, 0.2) is 89.6 Å². The fourth-order valence-corrected chi connectivity index (χ4v) is 3.83. The Kier molecular flexibility index (Phi) is 10.0. The maximum Gasteiger partial charge on any atom is 0.119 e. The average molecular weight is 484 g/mol. The van der Waals surface area contributed by atoms with E-state index in [2.05, 4.69) is 28.4 Å². The number of halogens is 1. The fourth-order valence-electron chi connectivity index (χ4n) is 3.70. The molecular formula is C27H38ClN5O. The molecule has 1 aliphatic rings. The molecule has 0 aromatic heterocycles. The van der Waals surface area contributed by atoms with Crippen LogP contribution in [0.2, 0.25) is 5.02 Å². The molecular weight excluding hydrogens is 446 g/mol. The maximum atomic E-state index is 10.6. The number of piperidine rings is 1. The third-order valence-electron chi connectivity index (χ3n) is 5.42. The summed E-state index contributed by atoms with van der Waals surface area (Å²) in [7, 11) is 0. The molecule has 0 amide bonds. The molecule has 1 aliphatic heterocycles. The molecule has 0 bridgehead atoms. The van der Waals surface area contributed by atoms with E-state index < -0.39 is 5.60 Å². The molecule has 7 heteroatoms. The highest BCUT2D eigenvalue weighted by Crippen LogP contribution is 2.19. The summed E-state index contributed by atoms with van der Waals surface area (Å²) in [5, 5.41) is 14.7. The number of aliphatic imine (C=N–C) groups is 1. The van der Waals surface area contributed by atoms with E-state index in [4.69, 9.17) is 23.1 Å². The Hall–Kier alpha value is -2.96. The molecule has 1 heterocycles. The van der Waals surface area contributed by atoms with Crippen LogP contribution < -0.4 is 16.8 Å². The largest absolute Gasteiger partial charge is 0.402 e. The van der Waals surface area contributed by atoms with E-state index in [1.165, 1.54) is 0 Å². The highest BCUT2D eigenvalue weighted by Gasteiger charge is 2.23. The van der Waals surface area contributed by atoms with Gasteiger partial charge >= 0.3 is 0 Å². The number of nitrogens with zero attached hydrogens (tertiary/aromatic N) is 2. The standard InChI is InChI=1S/C27H38ClN5O/c1-6-7-25(16-19(2)29)33-14-12-24(13-15-33)31-20(3)32-26(27(4,5)34)18-23(30)17-21-8-10-22(28)11-9-21/h6-11,16,18,24,31,34H,1,3,12-15,17,29-30H2,2,4-5H3/b19-16-,23-18-,25-7+,32-26?. The Bertz CT molecular complexity index is 971. The lowest BCUT2D eigenvalue weighted by Crippen LogP contribution is -2.41. The normalized spacial score (nSPS) is 17.0. The predicted octanol–water partition coefficient (Wildman–Crippen LogP) is 4.39. The van der Waals surface area contributed by atoms with Gasteiger partial charge in [0.05, 0.1) is 5.71 Å². The van der Waals surface area contributed by atoms with E-state index in [0.29, 0.717) is 28.7 Å². The van der Waals surface area contributed by atoms with Gasteiger partial charge in [-0.15, -0.1) is 0 Å². The summed E-state index contributed by atoms with van der Waals surface area (Å²) in [6, 6.07) is 7.75. The zero-order valence-electron chi connectivity index (χ0n) is 20.5. The first-order valence-corrected chi connectivity index (χ1v) is 11.8. The minimum Gasteiger partial charge on any atom is -0.402 e. The molecule has 2 rings (SSSR count). The van der Waals surface area contributed by atoms with Gasteiger partial charge in [0.2, 0.25) is 0 Å². The van der Waals surface area contributed by atoms with Gasteiger partial charge in [-0.2, -0.15) is 0 Å². The van der Waals surface area contributed by atoms with Crippen molar-refractivity contribution in [2.75, 3.05) is 13.1 Å². The Morgan fingerprint density at radius 3 is 2.38 bits per heavy atom. The van der Waals surface area contributed by atoms with Crippen LogP contribution in [0.5, 0.6) is 0 Å². The van der Waals surface area contributed by atoms with Gasteiger partial charge < -0.3 is 26.8 Å². The first kappa shape index (κ1) is 27.3. The Labute approximate surface area is 209 Å². The van der Waals surface area contributed by atoms with Crippen LogP contribution in [-0.2, 0) is 6.42 Å². The summed E-state index contributed by atoms with van der Waals surface area (Å²) in [6.07, 6.45) is 9.82. The summed E-state index contributed by atoms with van der Waals surface area (Å²) in [5.41, 5.74) is 14.9. The first-order valence-electron chi connectivity index (χ1n) is 11.5. The Morgan fingerprint density at radius 1 is 1.24 bits per heavy atom. The van der Waals surface area contributed by atoms with Crippen molar-refractivity contribution < 1.29 is 5.11 Å². The molecule has 1 fully saturated rings. The van der Waals surface area contributed by atoms with Crippen LogP contribution in [0, 0.1) is 0 Å². The molecule has 0 aliphatic carbocycles. The van der Waals surface area contributed by atoms with Gasteiger partial charge in [0, 0.05) is 47.7 Å². The monoisotopic (exact) mass is 483 g/mol. The van der Waals surface area contributed by atoms with Gasteiger partial charge in [-0.05, 0) is 69.5 Å². The van der Waals surface area contributed by atoms with Crippen LogP contribution in [0.1, 0.15) is 39.2 Å². The number of nitrogens with two attached hydrogens (primary N) is 2. The van der Waals surface area contributed by atoms with Crippen molar-refractivity contribution >= 4 is 17.3 Å². The third-order valence-corrected chi connectivity index (χ3v) is 5.67. The maximum absolute atomic E-state index is 10.6. The van der Waals surface area contributed by atoms with E-state index in [9.17, 15) is 5.11 Å². The van der Waals surface area contributed by atoms with Gasteiger partial charge in [0.25, 0.3) is 0 Å². The average Bonchev–Trinajstić information content (AvgIpc) is 2.74. The number of aliphatic hydroxyl groups is 1. The third kappa shape index (κ3) is 9.12. The van der Waals surface area contributed by atoms with Crippen LogP contribution in [0.25, 0.3) is 0 Å². The van der Waals surface area contributed by atoms with Crippen molar-refractivity contribution in [1.82, 2.24) is 10.2 Å². The summed E-state index contributed by atoms with van der Waals surface area (Å²) < 4.78 is 0. The molecule has 0 radical (unpaired) electrons. The summed E-state index contributed by atoms with van der Waals surface area (Å²) in [5.74, 6) is 0.505. The molecule has 1 aromatic rings. The summed E-state index contributed by atoms with van der Waals surface area (Å²) in [6.45, 7) is 14.9. The highest BCUT2D eigenvalue weighted by atomic mass is 35.5. The number of benzene rings is 1. The number of likely N-dealkylation sites (tertiary alicyclic amines) is 1. The molecule has 6 nitrogen and oxygen atoms in total. The second-order valence-corrected chi connectivity index (χ2v) is 9.58. The van der Waals surface area contributed by atoms with Crippen molar-refractivity contribution in [2.45, 2.75) is 51.7 Å². The van der Waals surface area contributed by atoms with E-state index in [0.717, 1.165) is 42.9 Å². The number of nitrogens with one attached hydrogen (secondary N) is 1. The van der Waals surface area contributed by atoms with Crippen molar-refractivity contribution in [3.05, 3.63) is 95.2 Å². The number of hydrogen-bond donors (Lipinski definition) is 4. The lowest BCUT2D eigenvalue weighted by atomic mass is 10.00. The van der Waals surface area contributed by atoms with E-state index in [1.54, 1.807) is 26.0 Å². The number of rotatable bonds is 10. The molecule has 0 atom stereocenters. The second-order valence-electron chi connectivity index (χ2n) is 9.15. The van der Waals surface area contributed by atoms with Gasteiger partial charge in [-0.25, -0.2) is 4.99 Å². The van der Waals surface area contributed by atoms with Crippen molar-refractivity contribution in [3.8, 4) is 0 Å². The molecule has 1 aromatic carbocycles. The van der Waals surface area contributed by atoms with Crippen LogP contribution in [0.3, 0.4) is 0 Å². The SMILES string of the molecule is C=C/C=C(\C=C(\C)N)N1CCC(NC(=C)N=C(/C=C(\N)Cc2ccc(Cl)cc2)C(C)(C)O)CC1. The quantitative estimate of drug-likeness (QED) is 0.292. The van der Waals surface area contributed by atoms with Gasteiger partial charge in [-0.3, -0.25) is 0 Å². The Balaban J connectivity index is 2.04. The summed E-state index contributed by atoms with van der Waals surface area (Å²) in [4.78, 5) is 6.88. The van der Waals surface area contributed by atoms with Gasteiger partial charge in [0.15, 0.2) is 0 Å². The number of allylic oxidation sites excluding steroid dienone is 5.